The van der Waals surface area contributed by atoms with E-state index in [1.807, 2.05) is 31.2 Å². The number of hydrogen-bond donors (Lipinski definition) is 1. The summed E-state index contributed by atoms with van der Waals surface area (Å²) in [5, 5.41) is 10.1. The van der Waals surface area contributed by atoms with E-state index in [9.17, 15) is 9.50 Å². The molecule has 5 rings (SSSR count). The number of rotatable bonds is 7. The van der Waals surface area contributed by atoms with Crippen LogP contribution in [0.3, 0.4) is 0 Å². The van der Waals surface area contributed by atoms with Gasteiger partial charge in [0.05, 0.1) is 5.02 Å². The smallest absolute Gasteiger partial charge is 0.150 e. The second-order valence-corrected chi connectivity index (χ2v) is 9.70. The van der Waals surface area contributed by atoms with Crippen molar-refractivity contribution in [3.05, 3.63) is 88.2 Å². The number of halogens is 2. The van der Waals surface area contributed by atoms with Crippen molar-refractivity contribution in [2.24, 2.45) is 5.92 Å². The Morgan fingerprint density at radius 1 is 1.09 bits per heavy atom. The predicted molar refractivity (Wildman–Crippen MR) is 138 cm³/mol. The van der Waals surface area contributed by atoms with Gasteiger partial charge in [-0.05, 0) is 72.0 Å². The molecule has 3 aromatic rings. The van der Waals surface area contributed by atoms with E-state index in [0.29, 0.717) is 12.4 Å². The summed E-state index contributed by atoms with van der Waals surface area (Å²) in [6, 6.07) is 17.7. The Balaban J connectivity index is 1.40. The Labute approximate surface area is 210 Å². The first-order chi connectivity index (χ1) is 16.9. The first kappa shape index (κ1) is 23.7. The number of benzene rings is 3. The van der Waals surface area contributed by atoms with Crippen LogP contribution in [0.4, 0.5) is 4.39 Å². The standard InChI is InChI=1S/C29H29ClFNO3/c1-3-19-16-32(17-19)12-13-34-23-8-4-20(5-9-23)29-28(21-6-10-26(31)25(30)14-21)18(2)24-15-22(33)7-11-27(24)35-29/h4-11,14-15,19,29,33H,3,12-13,16-17H2,1-2H3/t29-/m1/s1. The molecular weight excluding hydrogens is 465 g/mol. The van der Waals surface area contributed by atoms with Gasteiger partial charge < -0.3 is 14.6 Å². The van der Waals surface area contributed by atoms with Crippen LogP contribution in [-0.2, 0) is 0 Å². The van der Waals surface area contributed by atoms with Gasteiger partial charge in [-0.3, -0.25) is 4.90 Å². The van der Waals surface area contributed by atoms with Crippen LogP contribution in [0.1, 0.15) is 43.1 Å². The molecule has 0 aliphatic carbocycles. The van der Waals surface area contributed by atoms with Gasteiger partial charge >= 0.3 is 0 Å². The average molecular weight is 494 g/mol. The van der Waals surface area contributed by atoms with E-state index >= 15 is 0 Å². The van der Waals surface area contributed by atoms with Gasteiger partial charge in [-0.1, -0.05) is 43.1 Å². The Bertz CT molecular complexity index is 1250. The van der Waals surface area contributed by atoms with E-state index in [1.165, 1.54) is 25.6 Å². The van der Waals surface area contributed by atoms with Gasteiger partial charge in [-0.25, -0.2) is 4.39 Å². The fourth-order valence-corrected chi connectivity index (χ4v) is 5.04. The van der Waals surface area contributed by atoms with Crippen LogP contribution in [0.25, 0.3) is 11.1 Å². The largest absolute Gasteiger partial charge is 0.508 e. The number of likely N-dealkylation sites (tertiary alicyclic amines) is 1. The number of phenols is 1. The van der Waals surface area contributed by atoms with Crippen molar-refractivity contribution in [1.29, 1.82) is 0 Å². The maximum absolute atomic E-state index is 13.9. The molecule has 0 saturated carbocycles. The number of aromatic hydroxyl groups is 1. The molecule has 0 aromatic heterocycles. The number of nitrogens with zero attached hydrogens (tertiary/aromatic N) is 1. The number of phenolic OH excluding ortho intramolecular Hbond substituents is 1. The van der Waals surface area contributed by atoms with Gasteiger partial charge in [-0.2, -0.15) is 0 Å². The molecule has 6 heteroatoms. The summed E-state index contributed by atoms with van der Waals surface area (Å²) < 4.78 is 26.3. The van der Waals surface area contributed by atoms with Crippen molar-refractivity contribution >= 4 is 22.7 Å². The van der Waals surface area contributed by atoms with Crippen LogP contribution >= 0.6 is 11.6 Å². The lowest BCUT2D eigenvalue weighted by Gasteiger charge is -2.38. The molecule has 3 aromatic carbocycles. The van der Waals surface area contributed by atoms with Gasteiger partial charge in [0.2, 0.25) is 0 Å². The maximum atomic E-state index is 13.9. The molecule has 1 saturated heterocycles. The zero-order valence-corrected chi connectivity index (χ0v) is 20.7. The number of fused-ring (bicyclic) bond motifs is 1. The van der Waals surface area contributed by atoms with Crippen LogP contribution in [0.15, 0.2) is 60.7 Å². The Kier molecular flexibility index (Phi) is 6.72. The monoisotopic (exact) mass is 493 g/mol. The highest BCUT2D eigenvalue weighted by atomic mass is 35.5. The Morgan fingerprint density at radius 3 is 2.57 bits per heavy atom. The molecule has 0 radical (unpaired) electrons. The van der Waals surface area contributed by atoms with E-state index in [-0.39, 0.29) is 10.8 Å². The van der Waals surface area contributed by atoms with Crippen molar-refractivity contribution in [3.63, 3.8) is 0 Å². The van der Waals surface area contributed by atoms with Crippen LogP contribution < -0.4 is 9.47 Å². The molecule has 0 amide bonds. The van der Waals surface area contributed by atoms with Gasteiger partial charge in [0.15, 0.2) is 0 Å². The summed E-state index contributed by atoms with van der Waals surface area (Å²) in [5.41, 5.74) is 4.33. The van der Waals surface area contributed by atoms with Crippen molar-refractivity contribution in [1.82, 2.24) is 4.90 Å². The normalized spacial score (nSPS) is 18.1. The van der Waals surface area contributed by atoms with Gasteiger partial charge in [0, 0.05) is 30.8 Å². The molecule has 35 heavy (non-hydrogen) atoms. The third kappa shape index (κ3) is 4.89. The molecule has 2 aliphatic heterocycles. The van der Waals surface area contributed by atoms with Crippen LogP contribution in [0.5, 0.6) is 17.2 Å². The topological polar surface area (TPSA) is 41.9 Å². The summed E-state index contributed by atoms with van der Waals surface area (Å²) in [6.07, 6.45) is 0.822. The zero-order valence-electron chi connectivity index (χ0n) is 19.9. The van der Waals surface area contributed by atoms with Gasteiger partial charge in [-0.15, -0.1) is 0 Å². The van der Waals surface area contributed by atoms with Crippen molar-refractivity contribution in [3.8, 4) is 17.2 Å². The summed E-state index contributed by atoms with van der Waals surface area (Å²) in [6.45, 7) is 8.15. The third-order valence-electron chi connectivity index (χ3n) is 6.98. The molecule has 1 atom stereocenters. The number of ether oxygens (including phenoxy) is 2. The summed E-state index contributed by atoms with van der Waals surface area (Å²) in [5.74, 6) is 2.02. The van der Waals surface area contributed by atoms with Crippen LogP contribution in [0, 0.1) is 11.7 Å². The lowest BCUT2D eigenvalue weighted by atomic mass is 9.86. The molecular formula is C29H29ClFNO3. The quantitative estimate of drug-likeness (QED) is 0.386. The molecule has 1 N–H and O–H groups in total. The second kappa shape index (κ2) is 9.92. The highest BCUT2D eigenvalue weighted by Gasteiger charge is 2.30. The van der Waals surface area contributed by atoms with Crippen LogP contribution in [-0.4, -0.2) is 36.2 Å². The number of hydrogen-bond acceptors (Lipinski definition) is 4. The second-order valence-electron chi connectivity index (χ2n) is 9.30. The Hall–Kier alpha value is -3.02. The lowest BCUT2D eigenvalue weighted by Crippen LogP contribution is -2.47. The first-order valence-electron chi connectivity index (χ1n) is 12.0. The summed E-state index contributed by atoms with van der Waals surface area (Å²) in [4.78, 5) is 2.42. The van der Waals surface area contributed by atoms with E-state index < -0.39 is 11.9 Å². The molecule has 4 nitrogen and oxygen atoms in total. The van der Waals surface area contributed by atoms with E-state index in [1.54, 1.807) is 30.3 Å². The molecule has 2 aliphatic rings. The fraction of sp³-hybridized carbons (Fsp3) is 0.310. The zero-order chi connectivity index (χ0) is 24.5. The molecule has 1 fully saturated rings. The predicted octanol–water partition coefficient (Wildman–Crippen LogP) is 6.97. The van der Waals surface area contributed by atoms with Crippen molar-refractivity contribution in [2.75, 3.05) is 26.2 Å². The molecule has 0 bridgehead atoms. The Morgan fingerprint density at radius 2 is 1.86 bits per heavy atom. The minimum absolute atomic E-state index is 0.0551. The van der Waals surface area contributed by atoms with Crippen molar-refractivity contribution in [2.45, 2.75) is 26.4 Å². The first-order valence-corrected chi connectivity index (χ1v) is 12.4. The van der Waals surface area contributed by atoms with E-state index in [2.05, 4.69) is 11.8 Å². The highest BCUT2D eigenvalue weighted by Crippen LogP contribution is 2.47. The fourth-order valence-electron chi connectivity index (χ4n) is 4.86. The number of allylic oxidation sites excluding steroid dienone is 1. The minimum Gasteiger partial charge on any atom is -0.508 e. The SMILES string of the molecule is CCC1CN(CCOc2ccc([C@H]3Oc4ccc(O)cc4C(C)=C3c3ccc(F)c(Cl)c3)cc2)C1. The highest BCUT2D eigenvalue weighted by molar-refractivity contribution is 6.31. The van der Waals surface area contributed by atoms with E-state index in [0.717, 1.165) is 46.0 Å². The van der Waals surface area contributed by atoms with Crippen molar-refractivity contribution < 1.29 is 19.0 Å². The molecule has 0 unspecified atom stereocenters. The molecule has 182 valence electrons. The summed E-state index contributed by atoms with van der Waals surface area (Å²) >= 11 is 6.12. The molecule has 0 spiro atoms. The lowest BCUT2D eigenvalue weighted by molar-refractivity contribution is 0.0806. The minimum atomic E-state index is -0.468. The van der Waals surface area contributed by atoms with Gasteiger partial charge in [0.1, 0.15) is 35.8 Å². The average Bonchev–Trinajstić information content (AvgIpc) is 2.83. The molecule has 2 heterocycles. The maximum Gasteiger partial charge on any atom is 0.150 e. The summed E-state index contributed by atoms with van der Waals surface area (Å²) in [7, 11) is 0. The van der Waals surface area contributed by atoms with E-state index in [4.69, 9.17) is 21.1 Å². The van der Waals surface area contributed by atoms with Crippen LogP contribution in [0.2, 0.25) is 5.02 Å². The third-order valence-corrected chi connectivity index (χ3v) is 7.27. The van der Waals surface area contributed by atoms with Gasteiger partial charge in [0.25, 0.3) is 0 Å².